The number of benzene rings is 2. The van der Waals surface area contributed by atoms with Crippen molar-refractivity contribution < 1.29 is 14.5 Å². The maximum atomic E-state index is 12.7. The van der Waals surface area contributed by atoms with Crippen molar-refractivity contribution in [2.75, 3.05) is 19.0 Å². The Morgan fingerprint density at radius 1 is 1.25 bits per heavy atom. The molecule has 0 aliphatic rings. The molecule has 9 nitrogen and oxygen atoms in total. The molecule has 32 heavy (non-hydrogen) atoms. The number of hydrogen-bond acceptors (Lipinski definition) is 7. The number of nitro groups is 1. The Bertz CT molecular complexity index is 1120. The van der Waals surface area contributed by atoms with E-state index in [0.29, 0.717) is 29.2 Å². The van der Waals surface area contributed by atoms with Crippen molar-refractivity contribution in [2.24, 2.45) is 0 Å². The molecule has 2 aromatic carbocycles. The fraction of sp³-hybridized carbons (Fsp3) is 0.250. The van der Waals surface area contributed by atoms with Crippen LogP contribution in [0, 0.1) is 10.1 Å². The van der Waals surface area contributed by atoms with Crippen LogP contribution in [0.3, 0.4) is 0 Å². The van der Waals surface area contributed by atoms with Crippen molar-refractivity contribution in [1.29, 1.82) is 0 Å². The first kappa shape index (κ1) is 24.0. The molecule has 0 fully saturated rings. The molecule has 0 radical (unpaired) electrons. The number of nitro benzene ring substituents is 1. The fourth-order valence-electron chi connectivity index (χ4n) is 2.74. The van der Waals surface area contributed by atoms with Crippen LogP contribution in [0.15, 0.2) is 47.6 Å². The highest BCUT2D eigenvalue weighted by Crippen LogP contribution is 2.30. The number of halogens is 2. The molecule has 168 valence electrons. The van der Waals surface area contributed by atoms with Gasteiger partial charge < -0.3 is 10.1 Å². The molecule has 1 atom stereocenters. The molecular weight excluding hydrogens is 477 g/mol. The zero-order valence-corrected chi connectivity index (χ0v) is 19.4. The number of nitrogens with one attached hydrogen (secondary N) is 1. The first-order valence-corrected chi connectivity index (χ1v) is 11.0. The average Bonchev–Trinajstić information content (AvgIpc) is 3.16. The molecule has 0 saturated heterocycles. The third kappa shape index (κ3) is 5.77. The maximum Gasteiger partial charge on any atom is 0.271 e. The molecule has 3 aromatic rings. The minimum atomic E-state index is -0.554. The standard InChI is InChI=1S/C20H19Cl2N5O4S/c1-12(19(28)23-17-8-7-15(27(29)30)11-16(17)22)32-20-25-24-18(26(20)9-10-31-2)13-3-5-14(21)6-4-13/h3-8,11-12H,9-10H2,1-2H3,(H,23,28)/t12-/m0/s1. The van der Waals surface area contributed by atoms with Crippen LogP contribution in [0.4, 0.5) is 11.4 Å². The molecule has 0 saturated carbocycles. The first-order valence-electron chi connectivity index (χ1n) is 9.39. The van der Waals surface area contributed by atoms with E-state index in [2.05, 4.69) is 15.5 Å². The van der Waals surface area contributed by atoms with Gasteiger partial charge in [0, 0.05) is 29.8 Å². The van der Waals surface area contributed by atoms with Crippen LogP contribution in [0.25, 0.3) is 11.4 Å². The van der Waals surface area contributed by atoms with Crippen LogP contribution in [-0.2, 0) is 16.1 Å². The molecule has 0 aliphatic heterocycles. The zero-order chi connectivity index (χ0) is 23.3. The van der Waals surface area contributed by atoms with Gasteiger partial charge in [-0.05, 0) is 37.3 Å². The van der Waals surface area contributed by atoms with Crippen LogP contribution >= 0.6 is 35.0 Å². The Labute approximate surface area is 198 Å². The third-order valence-electron chi connectivity index (χ3n) is 4.41. The van der Waals surface area contributed by atoms with Gasteiger partial charge in [-0.1, -0.05) is 35.0 Å². The molecule has 3 rings (SSSR count). The number of aromatic nitrogens is 3. The lowest BCUT2D eigenvalue weighted by Crippen LogP contribution is -2.23. The molecule has 12 heteroatoms. The van der Waals surface area contributed by atoms with Crippen LogP contribution in [0.1, 0.15) is 6.92 Å². The van der Waals surface area contributed by atoms with E-state index in [1.165, 1.54) is 30.0 Å². The summed E-state index contributed by atoms with van der Waals surface area (Å²) in [4.78, 5) is 23.0. The van der Waals surface area contributed by atoms with Crippen molar-refractivity contribution in [3.05, 3.63) is 62.6 Å². The lowest BCUT2D eigenvalue weighted by molar-refractivity contribution is -0.384. The molecule has 1 aromatic heterocycles. The van der Waals surface area contributed by atoms with E-state index < -0.39 is 10.2 Å². The highest BCUT2D eigenvalue weighted by Gasteiger charge is 2.22. The van der Waals surface area contributed by atoms with E-state index in [1.54, 1.807) is 26.2 Å². The van der Waals surface area contributed by atoms with Crippen molar-refractivity contribution in [1.82, 2.24) is 14.8 Å². The summed E-state index contributed by atoms with van der Waals surface area (Å²) in [6.07, 6.45) is 0. The number of non-ortho nitro benzene ring substituents is 1. The Morgan fingerprint density at radius 3 is 2.59 bits per heavy atom. The van der Waals surface area contributed by atoms with Gasteiger partial charge in [0.1, 0.15) is 0 Å². The molecule has 1 N–H and O–H groups in total. The summed E-state index contributed by atoms with van der Waals surface area (Å²) in [5.74, 6) is 0.298. The minimum absolute atomic E-state index is 0.0815. The molecular formula is C20H19Cl2N5O4S. The van der Waals surface area contributed by atoms with Crippen molar-refractivity contribution in [3.8, 4) is 11.4 Å². The van der Waals surface area contributed by atoms with E-state index >= 15 is 0 Å². The zero-order valence-electron chi connectivity index (χ0n) is 17.1. The van der Waals surface area contributed by atoms with Gasteiger partial charge in [-0.15, -0.1) is 10.2 Å². The van der Waals surface area contributed by atoms with Gasteiger partial charge in [0.15, 0.2) is 11.0 Å². The smallest absolute Gasteiger partial charge is 0.271 e. The van der Waals surface area contributed by atoms with Crippen LogP contribution in [-0.4, -0.2) is 44.6 Å². The SMILES string of the molecule is COCCn1c(S[C@@H](C)C(=O)Nc2ccc([N+](=O)[O-])cc2Cl)nnc1-c1ccc(Cl)cc1. The quantitative estimate of drug-likeness (QED) is 0.254. The molecule has 0 spiro atoms. The Kier molecular flexibility index (Phi) is 8.08. The molecule has 0 unspecified atom stereocenters. The van der Waals surface area contributed by atoms with E-state index in [1.807, 2.05) is 16.7 Å². The summed E-state index contributed by atoms with van der Waals surface area (Å²) in [6, 6.07) is 11.1. The van der Waals surface area contributed by atoms with Gasteiger partial charge in [0.05, 0.1) is 34.0 Å². The van der Waals surface area contributed by atoms with Crippen molar-refractivity contribution in [2.45, 2.75) is 23.9 Å². The average molecular weight is 496 g/mol. The minimum Gasteiger partial charge on any atom is -0.383 e. The van der Waals surface area contributed by atoms with Gasteiger partial charge in [0.25, 0.3) is 5.69 Å². The number of rotatable bonds is 9. The second kappa shape index (κ2) is 10.8. The second-order valence-corrected chi connectivity index (χ2v) is 8.78. The fourth-order valence-corrected chi connectivity index (χ4v) is 3.96. The number of thioether (sulfide) groups is 1. The molecule has 1 amide bonds. The van der Waals surface area contributed by atoms with Crippen molar-refractivity contribution in [3.63, 3.8) is 0 Å². The summed E-state index contributed by atoms with van der Waals surface area (Å²) in [6.45, 7) is 2.65. The Morgan fingerprint density at radius 2 is 1.97 bits per heavy atom. The predicted molar refractivity (Wildman–Crippen MR) is 124 cm³/mol. The number of carbonyl (C=O) groups excluding carboxylic acids is 1. The number of carbonyl (C=O) groups is 1. The van der Waals surface area contributed by atoms with Crippen LogP contribution in [0.5, 0.6) is 0 Å². The number of ether oxygens (including phenoxy) is 1. The summed E-state index contributed by atoms with van der Waals surface area (Å²) >= 11 is 13.3. The molecule has 0 bridgehead atoms. The largest absolute Gasteiger partial charge is 0.383 e. The van der Waals surface area contributed by atoms with E-state index in [4.69, 9.17) is 27.9 Å². The number of anilines is 1. The van der Waals surface area contributed by atoms with E-state index in [-0.39, 0.29) is 22.3 Å². The van der Waals surface area contributed by atoms with E-state index in [9.17, 15) is 14.9 Å². The number of methoxy groups -OCH3 is 1. The first-order chi connectivity index (χ1) is 15.3. The van der Waals surface area contributed by atoms with E-state index in [0.717, 1.165) is 5.56 Å². The van der Waals surface area contributed by atoms with Gasteiger partial charge in [-0.2, -0.15) is 0 Å². The Hall–Kier alpha value is -2.66. The predicted octanol–water partition coefficient (Wildman–Crippen LogP) is 4.93. The highest BCUT2D eigenvalue weighted by molar-refractivity contribution is 8.00. The topological polar surface area (TPSA) is 112 Å². The number of hydrogen-bond donors (Lipinski definition) is 1. The Balaban J connectivity index is 1.77. The maximum absolute atomic E-state index is 12.7. The number of amides is 1. The normalized spacial score (nSPS) is 11.9. The van der Waals surface area contributed by atoms with Crippen LogP contribution in [0.2, 0.25) is 10.0 Å². The molecule has 0 aliphatic carbocycles. The monoisotopic (exact) mass is 495 g/mol. The van der Waals surface area contributed by atoms with Crippen LogP contribution < -0.4 is 5.32 Å². The van der Waals surface area contributed by atoms with Gasteiger partial charge in [0.2, 0.25) is 5.91 Å². The highest BCUT2D eigenvalue weighted by atomic mass is 35.5. The number of nitrogens with zero attached hydrogens (tertiary/aromatic N) is 4. The third-order valence-corrected chi connectivity index (χ3v) is 6.06. The second-order valence-electron chi connectivity index (χ2n) is 6.63. The molecule has 1 heterocycles. The summed E-state index contributed by atoms with van der Waals surface area (Å²) < 4.78 is 7.08. The summed E-state index contributed by atoms with van der Waals surface area (Å²) in [5.41, 5.74) is 0.966. The van der Waals surface area contributed by atoms with Gasteiger partial charge in [-0.25, -0.2) is 0 Å². The lowest BCUT2D eigenvalue weighted by Gasteiger charge is -2.14. The van der Waals surface area contributed by atoms with Gasteiger partial charge in [-0.3, -0.25) is 19.5 Å². The summed E-state index contributed by atoms with van der Waals surface area (Å²) in [7, 11) is 1.60. The summed E-state index contributed by atoms with van der Waals surface area (Å²) in [5, 5.41) is 22.8. The van der Waals surface area contributed by atoms with Crippen molar-refractivity contribution >= 4 is 52.2 Å². The lowest BCUT2D eigenvalue weighted by atomic mass is 10.2. The van der Waals surface area contributed by atoms with Gasteiger partial charge >= 0.3 is 0 Å².